The van der Waals surface area contributed by atoms with Gasteiger partial charge in [-0.1, -0.05) is 48.5 Å². The molecule has 4 rings (SSSR count). The maximum Gasteiger partial charge on any atom is 0.323 e. The molecule has 4 nitrogen and oxygen atoms in total. The van der Waals surface area contributed by atoms with Crippen molar-refractivity contribution in [2.45, 2.75) is 25.0 Å². The van der Waals surface area contributed by atoms with Crippen LogP contribution in [0.3, 0.4) is 0 Å². The molecule has 0 bridgehead atoms. The van der Waals surface area contributed by atoms with E-state index in [0.29, 0.717) is 6.04 Å². The lowest BCUT2D eigenvalue weighted by molar-refractivity contribution is 0.154. The number of anilines is 1. The van der Waals surface area contributed by atoms with Gasteiger partial charge in [0.05, 0.1) is 0 Å². The Morgan fingerprint density at radius 2 is 1.70 bits per heavy atom. The van der Waals surface area contributed by atoms with Gasteiger partial charge in [-0.2, -0.15) is 0 Å². The highest BCUT2D eigenvalue weighted by atomic mass is 16.2. The van der Waals surface area contributed by atoms with Crippen molar-refractivity contribution in [3.8, 4) is 0 Å². The summed E-state index contributed by atoms with van der Waals surface area (Å²) in [7, 11) is 0. The lowest BCUT2D eigenvalue weighted by atomic mass is 10.1. The first kappa shape index (κ1) is 14.3. The van der Waals surface area contributed by atoms with Crippen LogP contribution in [0.2, 0.25) is 0 Å². The standard InChI is InChI=1S/C19H21N3O/c23-19(20-16-10-5-2-6-11-16)22-14-17-12-7-13-21(17)18(22)15-8-3-1-4-9-15/h1-6,8-11,17-18H,7,12-14H2,(H,20,23). The Morgan fingerprint density at radius 1 is 1.00 bits per heavy atom. The molecule has 1 N–H and O–H groups in total. The molecule has 0 aromatic heterocycles. The zero-order valence-corrected chi connectivity index (χ0v) is 13.1. The second-order valence-electron chi connectivity index (χ2n) is 6.27. The number of benzene rings is 2. The Hall–Kier alpha value is -2.33. The Morgan fingerprint density at radius 3 is 2.43 bits per heavy atom. The highest BCUT2D eigenvalue weighted by Crippen LogP contribution is 2.38. The zero-order chi connectivity index (χ0) is 15.6. The van der Waals surface area contributed by atoms with Crippen molar-refractivity contribution in [2.75, 3.05) is 18.4 Å². The summed E-state index contributed by atoms with van der Waals surface area (Å²) in [5.41, 5.74) is 2.04. The summed E-state index contributed by atoms with van der Waals surface area (Å²) >= 11 is 0. The molecule has 2 amide bonds. The Bertz CT molecular complexity index is 674. The highest BCUT2D eigenvalue weighted by Gasteiger charge is 2.44. The number of rotatable bonds is 2. The molecule has 2 fully saturated rings. The molecule has 0 spiro atoms. The number of nitrogens with zero attached hydrogens (tertiary/aromatic N) is 2. The number of carbonyl (C=O) groups is 1. The van der Waals surface area contributed by atoms with E-state index in [1.165, 1.54) is 18.4 Å². The van der Waals surface area contributed by atoms with E-state index in [1.807, 2.05) is 53.4 Å². The van der Waals surface area contributed by atoms with Gasteiger partial charge in [-0.3, -0.25) is 4.90 Å². The summed E-state index contributed by atoms with van der Waals surface area (Å²) in [6, 6.07) is 20.5. The number of carbonyl (C=O) groups excluding carboxylic acids is 1. The number of nitrogens with one attached hydrogen (secondary N) is 1. The van der Waals surface area contributed by atoms with Crippen molar-refractivity contribution in [1.29, 1.82) is 0 Å². The van der Waals surface area contributed by atoms with Crippen LogP contribution in [-0.2, 0) is 0 Å². The number of fused-ring (bicyclic) bond motifs is 1. The van der Waals surface area contributed by atoms with Gasteiger partial charge in [0.1, 0.15) is 6.17 Å². The molecule has 2 aromatic rings. The van der Waals surface area contributed by atoms with Gasteiger partial charge in [-0.05, 0) is 30.5 Å². The first-order valence-electron chi connectivity index (χ1n) is 8.26. The van der Waals surface area contributed by atoms with E-state index >= 15 is 0 Å². The van der Waals surface area contributed by atoms with Crippen molar-refractivity contribution in [3.05, 3.63) is 66.2 Å². The Labute approximate surface area is 136 Å². The normalized spacial score (nSPS) is 23.7. The van der Waals surface area contributed by atoms with Crippen LogP contribution in [0.15, 0.2) is 60.7 Å². The summed E-state index contributed by atoms with van der Waals surface area (Å²) in [5, 5.41) is 3.03. The number of hydrogen-bond acceptors (Lipinski definition) is 2. The third kappa shape index (κ3) is 2.70. The SMILES string of the molecule is O=C(Nc1ccccc1)N1CC2CCCN2C1c1ccccc1. The first-order valence-corrected chi connectivity index (χ1v) is 8.26. The van der Waals surface area contributed by atoms with Gasteiger partial charge in [-0.25, -0.2) is 4.79 Å². The Kier molecular flexibility index (Phi) is 3.75. The molecule has 0 radical (unpaired) electrons. The average molecular weight is 307 g/mol. The zero-order valence-electron chi connectivity index (χ0n) is 13.1. The summed E-state index contributed by atoms with van der Waals surface area (Å²) in [5.74, 6) is 0. The molecule has 4 heteroatoms. The van der Waals surface area contributed by atoms with Crippen LogP contribution in [0.4, 0.5) is 10.5 Å². The minimum absolute atomic E-state index is 0.0144. The molecular weight excluding hydrogens is 286 g/mol. The molecule has 23 heavy (non-hydrogen) atoms. The molecular formula is C19H21N3O. The van der Waals surface area contributed by atoms with E-state index < -0.39 is 0 Å². The van der Waals surface area contributed by atoms with Crippen molar-refractivity contribution < 1.29 is 4.79 Å². The van der Waals surface area contributed by atoms with Gasteiger partial charge in [0, 0.05) is 24.8 Å². The minimum Gasteiger partial charge on any atom is -0.308 e. The van der Waals surface area contributed by atoms with Gasteiger partial charge in [0.25, 0.3) is 0 Å². The van der Waals surface area contributed by atoms with Gasteiger partial charge >= 0.3 is 6.03 Å². The number of urea groups is 1. The van der Waals surface area contributed by atoms with Gasteiger partial charge in [-0.15, -0.1) is 0 Å². The molecule has 2 aliphatic rings. The van der Waals surface area contributed by atoms with E-state index in [-0.39, 0.29) is 12.2 Å². The molecule has 2 aliphatic heterocycles. The van der Waals surface area contributed by atoms with Crippen molar-refractivity contribution in [1.82, 2.24) is 9.80 Å². The first-order chi connectivity index (χ1) is 11.3. The molecule has 2 unspecified atom stereocenters. The number of para-hydroxylation sites is 1. The summed E-state index contributed by atoms with van der Waals surface area (Å²) in [4.78, 5) is 17.3. The topological polar surface area (TPSA) is 35.6 Å². The summed E-state index contributed by atoms with van der Waals surface area (Å²) < 4.78 is 0. The predicted octanol–water partition coefficient (Wildman–Crippen LogP) is 3.70. The molecule has 0 aliphatic carbocycles. The van der Waals surface area contributed by atoms with Crippen LogP contribution in [0, 0.1) is 0 Å². The van der Waals surface area contributed by atoms with Crippen molar-refractivity contribution in [3.63, 3.8) is 0 Å². The van der Waals surface area contributed by atoms with Gasteiger partial charge in [0.15, 0.2) is 0 Å². The van der Waals surface area contributed by atoms with E-state index in [1.54, 1.807) is 0 Å². The maximum atomic E-state index is 12.8. The smallest absolute Gasteiger partial charge is 0.308 e. The highest BCUT2D eigenvalue weighted by molar-refractivity contribution is 5.89. The molecule has 2 saturated heterocycles. The maximum absolute atomic E-state index is 12.8. The quantitative estimate of drug-likeness (QED) is 0.918. The fourth-order valence-electron chi connectivity index (χ4n) is 3.79. The second-order valence-corrected chi connectivity index (χ2v) is 6.27. The molecule has 2 aromatic carbocycles. The second kappa shape index (κ2) is 6.05. The lowest BCUT2D eigenvalue weighted by Crippen LogP contribution is -2.38. The van der Waals surface area contributed by atoms with Crippen LogP contribution >= 0.6 is 0 Å². The van der Waals surface area contributed by atoms with E-state index in [4.69, 9.17) is 0 Å². The molecule has 2 heterocycles. The van der Waals surface area contributed by atoms with E-state index in [9.17, 15) is 4.79 Å². The van der Waals surface area contributed by atoms with Crippen LogP contribution in [0.1, 0.15) is 24.6 Å². The fourth-order valence-corrected chi connectivity index (χ4v) is 3.79. The monoisotopic (exact) mass is 307 g/mol. The van der Waals surface area contributed by atoms with E-state index in [0.717, 1.165) is 18.8 Å². The largest absolute Gasteiger partial charge is 0.323 e. The van der Waals surface area contributed by atoms with Crippen LogP contribution in [-0.4, -0.2) is 35.0 Å². The minimum atomic E-state index is -0.0144. The predicted molar refractivity (Wildman–Crippen MR) is 91.1 cm³/mol. The van der Waals surface area contributed by atoms with Crippen LogP contribution < -0.4 is 5.32 Å². The number of amides is 2. The van der Waals surface area contributed by atoms with Gasteiger partial charge in [0.2, 0.25) is 0 Å². The molecule has 0 saturated carbocycles. The van der Waals surface area contributed by atoms with E-state index in [2.05, 4.69) is 22.3 Å². The fraction of sp³-hybridized carbons (Fsp3) is 0.316. The molecule has 2 atom stereocenters. The number of hydrogen-bond donors (Lipinski definition) is 1. The van der Waals surface area contributed by atoms with Crippen LogP contribution in [0.5, 0.6) is 0 Å². The lowest BCUT2D eigenvalue weighted by Gasteiger charge is -2.30. The summed E-state index contributed by atoms with van der Waals surface area (Å²) in [6.45, 7) is 1.87. The third-order valence-electron chi connectivity index (χ3n) is 4.82. The average Bonchev–Trinajstić information content (AvgIpc) is 3.17. The van der Waals surface area contributed by atoms with Crippen LogP contribution in [0.25, 0.3) is 0 Å². The summed E-state index contributed by atoms with van der Waals surface area (Å²) in [6.07, 6.45) is 2.45. The third-order valence-corrected chi connectivity index (χ3v) is 4.82. The van der Waals surface area contributed by atoms with Gasteiger partial charge < -0.3 is 10.2 Å². The Balaban J connectivity index is 1.60. The molecule has 118 valence electrons. The van der Waals surface area contributed by atoms with Crippen molar-refractivity contribution in [2.24, 2.45) is 0 Å². The van der Waals surface area contributed by atoms with Crippen molar-refractivity contribution >= 4 is 11.7 Å².